The van der Waals surface area contributed by atoms with Crippen LogP contribution in [0.5, 0.6) is 0 Å². The van der Waals surface area contributed by atoms with Gasteiger partial charge in [-0.1, -0.05) is 6.07 Å². The number of amides is 1. The highest BCUT2D eigenvalue weighted by Gasteiger charge is 2.09. The molecule has 0 aliphatic carbocycles. The highest BCUT2D eigenvalue weighted by atomic mass is 16.4. The number of aryl methyl sites for hydroxylation is 1. The molecule has 0 spiro atoms. The number of oxazole rings is 1. The highest BCUT2D eigenvalue weighted by Crippen LogP contribution is 2.14. The summed E-state index contributed by atoms with van der Waals surface area (Å²) >= 11 is 0. The molecule has 0 aliphatic rings. The molecule has 0 saturated heterocycles. The van der Waals surface area contributed by atoms with Crippen molar-refractivity contribution in [1.82, 2.24) is 9.88 Å². The van der Waals surface area contributed by atoms with Crippen LogP contribution in [0.2, 0.25) is 0 Å². The Bertz CT molecular complexity index is 811. The number of furan rings is 1. The molecule has 0 radical (unpaired) electrons. The summed E-state index contributed by atoms with van der Waals surface area (Å²) < 4.78 is 11.5. The van der Waals surface area contributed by atoms with Crippen LogP contribution in [0.4, 0.5) is 0 Å². The second-order valence-corrected chi connectivity index (χ2v) is 4.39. The molecule has 0 atom stereocenters. The molecule has 0 saturated carbocycles. The monoisotopic (exact) mass is 272 g/mol. The van der Waals surface area contributed by atoms with Crippen molar-refractivity contribution in [1.29, 1.82) is 0 Å². The van der Waals surface area contributed by atoms with Crippen LogP contribution >= 0.6 is 0 Å². The number of hydrogen-bond acceptors (Lipinski definition) is 4. The molecule has 2 aromatic heterocycles. The van der Waals surface area contributed by atoms with Gasteiger partial charge in [-0.05, 0) is 29.8 Å². The summed E-state index contributed by atoms with van der Waals surface area (Å²) in [6.07, 6.45) is 1.44. The lowest BCUT2D eigenvalue weighted by molar-refractivity contribution is 0.0923. The summed E-state index contributed by atoms with van der Waals surface area (Å²) in [6.45, 7) is 0.327. The Kier molecular flexibility index (Phi) is 2.90. The smallest absolute Gasteiger partial charge is 0.419 e. The van der Waals surface area contributed by atoms with Crippen LogP contribution in [0.3, 0.4) is 0 Å². The molecule has 0 fully saturated rings. The quantitative estimate of drug-likeness (QED) is 0.786. The van der Waals surface area contributed by atoms with E-state index in [4.69, 9.17) is 8.83 Å². The van der Waals surface area contributed by atoms with Crippen molar-refractivity contribution in [2.24, 2.45) is 7.05 Å². The Morgan fingerprint density at radius 3 is 2.95 bits per heavy atom. The number of nitrogens with one attached hydrogen (secondary N) is 1. The van der Waals surface area contributed by atoms with Crippen molar-refractivity contribution < 1.29 is 13.6 Å². The Balaban J connectivity index is 1.78. The number of carbonyl (C=O) groups is 1. The number of benzene rings is 1. The van der Waals surface area contributed by atoms with E-state index in [1.165, 1.54) is 10.8 Å². The molecule has 102 valence electrons. The third-order valence-electron chi connectivity index (χ3n) is 3.05. The molecular formula is C14H12N2O4. The van der Waals surface area contributed by atoms with Crippen LogP contribution in [0.1, 0.15) is 16.1 Å². The van der Waals surface area contributed by atoms with Crippen molar-refractivity contribution in [3.05, 3.63) is 58.5 Å². The third kappa shape index (κ3) is 2.11. The molecule has 3 aromatic rings. The van der Waals surface area contributed by atoms with Crippen molar-refractivity contribution in [3.63, 3.8) is 0 Å². The second kappa shape index (κ2) is 4.73. The van der Waals surface area contributed by atoms with E-state index in [1.807, 2.05) is 6.07 Å². The third-order valence-corrected chi connectivity index (χ3v) is 3.05. The van der Waals surface area contributed by atoms with E-state index in [9.17, 15) is 9.59 Å². The lowest BCUT2D eigenvalue weighted by Crippen LogP contribution is -2.22. The average molecular weight is 272 g/mol. The normalized spacial score (nSPS) is 10.8. The Labute approximate surface area is 113 Å². The molecule has 6 heteroatoms. The number of fused-ring (bicyclic) bond motifs is 1. The minimum absolute atomic E-state index is 0.261. The van der Waals surface area contributed by atoms with Gasteiger partial charge in [0, 0.05) is 13.6 Å². The first-order valence-electron chi connectivity index (χ1n) is 6.05. The van der Waals surface area contributed by atoms with E-state index in [2.05, 4.69) is 5.32 Å². The SMILES string of the molecule is Cn1c(=O)oc2cc(CNC(=O)c3ccco3)ccc21. The van der Waals surface area contributed by atoms with Gasteiger partial charge in [-0.2, -0.15) is 0 Å². The van der Waals surface area contributed by atoms with Gasteiger partial charge in [0.2, 0.25) is 0 Å². The van der Waals surface area contributed by atoms with E-state index < -0.39 is 5.76 Å². The first-order chi connectivity index (χ1) is 9.65. The Hall–Kier alpha value is -2.76. The standard InChI is InChI=1S/C14H12N2O4/c1-16-10-5-4-9(7-12(10)20-14(16)18)8-15-13(17)11-3-2-6-19-11/h2-7H,8H2,1H3,(H,15,17). The van der Waals surface area contributed by atoms with Crippen LogP contribution in [0, 0.1) is 0 Å². The second-order valence-electron chi connectivity index (χ2n) is 4.39. The predicted molar refractivity (Wildman–Crippen MR) is 71.3 cm³/mol. The van der Waals surface area contributed by atoms with E-state index in [0.29, 0.717) is 12.1 Å². The summed E-state index contributed by atoms with van der Waals surface area (Å²) in [5.41, 5.74) is 2.06. The van der Waals surface area contributed by atoms with Gasteiger partial charge in [0.15, 0.2) is 11.3 Å². The number of nitrogens with zero attached hydrogens (tertiary/aromatic N) is 1. The van der Waals surface area contributed by atoms with Gasteiger partial charge in [-0.15, -0.1) is 0 Å². The minimum atomic E-state index is -0.406. The molecule has 1 amide bonds. The minimum Gasteiger partial charge on any atom is -0.459 e. The van der Waals surface area contributed by atoms with Gasteiger partial charge < -0.3 is 14.2 Å². The first kappa shape index (κ1) is 12.3. The molecule has 1 aromatic carbocycles. The largest absolute Gasteiger partial charge is 0.459 e. The Morgan fingerprint density at radius 1 is 1.35 bits per heavy atom. The highest BCUT2D eigenvalue weighted by molar-refractivity contribution is 5.91. The average Bonchev–Trinajstić information content (AvgIpc) is 3.06. The fourth-order valence-corrected chi connectivity index (χ4v) is 1.97. The number of carbonyl (C=O) groups excluding carboxylic acids is 1. The number of aromatic nitrogens is 1. The molecule has 1 N–H and O–H groups in total. The maximum Gasteiger partial charge on any atom is 0.419 e. The molecular weight excluding hydrogens is 260 g/mol. The van der Waals surface area contributed by atoms with E-state index in [-0.39, 0.29) is 11.7 Å². The zero-order valence-electron chi connectivity index (χ0n) is 10.8. The van der Waals surface area contributed by atoms with Gasteiger partial charge in [0.05, 0.1) is 11.8 Å². The van der Waals surface area contributed by atoms with Crippen LogP contribution in [-0.4, -0.2) is 10.5 Å². The molecule has 3 rings (SSSR count). The molecule has 0 unspecified atom stereocenters. The predicted octanol–water partition coefficient (Wildman–Crippen LogP) is 1.65. The van der Waals surface area contributed by atoms with Crippen molar-refractivity contribution in [2.45, 2.75) is 6.54 Å². The summed E-state index contributed by atoms with van der Waals surface area (Å²) in [5.74, 6) is -0.432. The fourth-order valence-electron chi connectivity index (χ4n) is 1.97. The molecule has 0 aliphatic heterocycles. The molecule has 0 bridgehead atoms. The molecule has 2 heterocycles. The van der Waals surface area contributed by atoms with E-state index in [1.54, 1.807) is 31.3 Å². The first-order valence-corrected chi connectivity index (χ1v) is 6.05. The topological polar surface area (TPSA) is 77.4 Å². The zero-order valence-corrected chi connectivity index (χ0v) is 10.8. The summed E-state index contributed by atoms with van der Waals surface area (Å²) in [4.78, 5) is 23.1. The number of hydrogen-bond donors (Lipinski definition) is 1. The van der Waals surface area contributed by atoms with Crippen molar-refractivity contribution in [2.75, 3.05) is 0 Å². The van der Waals surface area contributed by atoms with E-state index >= 15 is 0 Å². The fraction of sp³-hybridized carbons (Fsp3) is 0.143. The van der Waals surface area contributed by atoms with Crippen molar-refractivity contribution in [3.8, 4) is 0 Å². The van der Waals surface area contributed by atoms with Crippen LogP contribution < -0.4 is 11.1 Å². The number of rotatable bonds is 3. The summed E-state index contributed by atoms with van der Waals surface area (Å²) in [6, 6.07) is 8.60. The maximum atomic E-state index is 11.7. The molecule has 6 nitrogen and oxygen atoms in total. The lowest BCUT2D eigenvalue weighted by atomic mass is 10.2. The van der Waals surface area contributed by atoms with Crippen LogP contribution in [0.25, 0.3) is 11.1 Å². The zero-order chi connectivity index (χ0) is 14.1. The van der Waals surface area contributed by atoms with Gasteiger partial charge >= 0.3 is 5.76 Å². The summed E-state index contributed by atoms with van der Waals surface area (Å²) in [7, 11) is 1.65. The van der Waals surface area contributed by atoms with Gasteiger partial charge in [-0.3, -0.25) is 9.36 Å². The Morgan fingerprint density at radius 2 is 2.20 bits per heavy atom. The molecule has 20 heavy (non-hydrogen) atoms. The lowest BCUT2D eigenvalue weighted by Gasteiger charge is -2.03. The van der Waals surface area contributed by atoms with Crippen LogP contribution in [0.15, 0.2) is 50.2 Å². The van der Waals surface area contributed by atoms with Gasteiger partial charge in [0.25, 0.3) is 5.91 Å². The van der Waals surface area contributed by atoms with E-state index in [0.717, 1.165) is 11.1 Å². The van der Waals surface area contributed by atoms with Crippen molar-refractivity contribution >= 4 is 17.0 Å². The summed E-state index contributed by atoms with van der Waals surface area (Å²) in [5, 5.41) is 2.73. The van der Waals surface area contributed by atoms with Crippen LogP contribution in [-0.2, 0) is 13.6 Å². The maximum absolute atomic E-state index is 11.7. The van der Waals surface area contributed by atoms with Gasteiger partial charge in [0.1, 0.15) is 0 Å². The van der Waals surface area contributed by atoms with Gasteiger partial charge in [-0.25, -0.2) is 4.79 Å².